The predicted molar refractivity (Wildman–Crippen MR) is 72.5 cm³/mol. The highest BCUT2D eigenvalue weighted by Crippen LogP contribution is 2.11. The minimum absolute atomic E-state index is 0.448. The molecule has 1 N–H and O–H groups in total. The average molecular weight is 253 g/mol. The van der Waals surface area contributed by atoms with Crippen molar-refractivity contribution in [3.63, 3.8) is 0 Å². The van der Waals surface area contributed by atoms with Gasteiger partial charge in [-0.05, 0) is 35.4 Å². The molecule has 0 bridgehead atoms. The van der Waals surface area contributed by atoms with Crippen LogP contribution < -0.4 is 10.1 Å². The van der Waals surface area contributed by atoms with Crippen molar-refractivity contribution >= 4 is 0 Å². The molecule has 1 heterocycles. The second-order valence-electron chi connectivity index (χ2n) is 4.11. The van der Waals surface area contributed by atoms with Crippen molar-refractivity contribution in [1.29, 1.82) is 5.26 Å². The van der Waals surface area contributed by atoms with E-state index in [-0.39, 0.29) is 0 Å². The van der Waals surface area contributed by atoms with Crippen LogP contribution in [0.2, 0.25) is 0 Å². The maximum Gasteiger partial charge on any atom is 0.140 e. The summed E-state index contributed by atoms with van der Waals surface area (Å²) in [7, 11) is 1.66. The topological polar surface area (TPSA) is 57.9 Å². The highest BCUT2D eigenvalue weighted by atomic mass is 16.5. The van der Waals surface area contributed by atoms with E-state index in [2.05, 4.69) is 10.3 Å². The Morgan fingerprint density at radius 3 is 2.58 bits per heavy atom. The zero-order valence-corrected chi connectivity index (χ0v) is 10.8. The van der Waals surface area contributed by atoms with Crippen molar-refractivity contribution < 1.29 is 4.74 Å². The third-order valence-corrected chi connectivity index (χ3v) is 2.76. The summed E-state index contributed by atoms with van der Waals surface area (Å²) in [5.41, 5.74) is 2.69. The number of methoxy groups -OCH3 is 1. The molecule has 0 fully saturated rings. The minimum atomic E-state index is 0.448. The third-order valence-electron chi connectivity index (χ3n) is 2.76. The Morgan fingerprint density at radius 2 is 1.89 bits per heavy atom. The number of hydrogen-bond donors (Lipinski definition) is 1. The van der Waals surface area contributed by atoms with Crippen LogP contribution in [0.25, 0.3) is 0 Å². The van der Waals surface area contributed by atoms with Crippen LogP contribution in [-0.4, -0.2) is 12.1 Å². The Morgan fingerprint density at radius 1 is 1.16 bits per heavy atom. The van der Waals surface area contributed by atoms with E-state index in [0.29, 0.717) is 12.2 Å². The van der Waals surface area contributed by atoms with Gasteiger partial charge in [-0.2, -0.15) is 5.26 Å². The summed E-state index contributed by atoms with van der Waals surface area (Å²) in [4.78, 5) is 3.94. The second-order valence-corrected chi connectivity index (χ2v) is 4.11. The summed E-state index contributed by atoms with van der Waals surface area (Å²) in [6.45, 7) is 1.48. The van der Waals surface area contributed by atoms with E-state index in [9.17, 15) is 0 Å². The molecule has 2 rings (SSSR count). The number of aromatic nitrogens is 1. The molecule has 0 unspecified atom stereocenters. The van der Waals surface area contributed by atoms with Gasteiger partial charge in [0.2, 0.25) is 0 Å². The predicted octanol–water partition coefficient (Wildman–Crippen LogP) is 2.25. The highest BCUT2D eigenvalue weighted by Gasteiger charge is 1.97. The Kier molecular flexibility index (Phi) is 4.49. The van der Waals surface area contributed by atoms with Crippen molar-refractivity contribution in [2.75, 3.05) is 7.11 Å². The lowest BCUT2D eigenvalue weighted by molar-refractivity contribution is 0.414. The van der Waals surface area contributed by atoms with Crippen LogP contribution in [0.1, 0.15) is 16.8 Å². The van der Waals surface area contributed by atoms with Gasteiger partial charge in [0.1, 0.15) is 17.5 Å². The van der Waals surface area contributed by atoms with E-state index < -0.39 is 0 Å². The van der Waals surface area contributed by atoms with Crippen molar-refractivity contribution in [2.45, 2.75) is 13.1 Å². The lowest BCUT2D eigenvalue weighted by atomic mass is 10.2. The van der Waals surface area contributed by atoms with Crippen LogP contribution in [0.4, 0.5) is 0 Å². The first-order valence-corrected chi connectivity index (χ1v) is 6.00. The van der Waals surface area contributed by atoms with Gasteiger partial charge < -0.3 is 10.1 Å². The molecule has 0 saturated heterocycles. The molecule has 4 heteroatoms. The quantitative estimate of drug-likeness (QED) is 0.888. The number of nitriles is 1. The molecular weight excluding hydrogens is 238 g/mol. The molecule has 0 aliphatic rings. The number of ether oxygens (including phenoxy) is 1. The summed E-state index contributed by atoms with van der Waals surface area (Å²) < 4.78 is 5.11. The van der Waals surface area contributed by atoms with Gasteiger partial charge in [-0.3, -0.25) is 0 Å². The summed E-state index contributed by atoms with van der Waals surface area (Å²) in [6, 6.07) is 13.7. The molecule has 2 aromatic rings. The number of pyridine rings is 1. The van der Waals surface area contributed by atoms with E-state index in [1.165, 1.54) is 5.56 Å². The van der Waals surface area contributed by atoms with Crippen LogP contribution in [0.15, 0.2) is 42.6 Å². The molecule has 1 aromatic carbocycles. The van der Waals surface area contributed by atoms with Crippen LogP contribution in [0.3, 0.4) is 0 Å². The van der Waals surface area contributed by atoms with E-state index >= 15 is 0 Å². The molecule has 96 valence electrons. The molecule has 0 spiro atoms. The first-order chi connectivity index (χ1) is 9.31. The molecule has 0 radical (unpaired) electrons. The first-order valence-electron chi connectivity index (χ1n) is 6.00. The Bertz CT molecular complexity index is 573. The van der Waals surface area contributed by atoms with Gasteiger partial charge in [0.05, 0.1) is 7.11 Å². The van der Waals surface area contributed by atoms with Crippen molar-refractivity contribution in [2.24, 2.45) is 0 Å². The monoisotopic (exact) mass is 253 g/mol. The zero-order valence-electron chi connectivity index (χ0n) is 10.8. The van der Waals surface area contributed by atoms with Gasteiger partial charge >= 0.3 is 0 Å². The lowest BCUT2D eigenvalue weighted by Gasteiger charge is -2.06. The number of rotatable bonds is 5. The molecule has 1 aromatic heterocycles. The van der Waals surface area contributed by atoms with Crippen molar-refractivity contribution in [3.8, 4) is 11.8 Å². The highest BCUT2D eigenvalue weighted by molar-refractivity contribution is 5.27. The fourth-order valence-electron chi connectivity index (χ4n) is 1.74. The van der Waals surface area contributed by atoms with Gasteiger partial charge in [-0.25, -0.2) is 4.98 Å². The van der Waals surface area contributed by atoms with Crippen LogP contribution in [0.5, 0.6) is 5.75 Å². The maximum absolute atomic E-state index is 8.77. The first kappa shape index (κ1) is 13.1. The van der Waals surface area contributed by atoms with Gasteiger partial charge in [-0.15, -0.1) is 0 Å². The molecule has 0 saturated carbocycles. The van der Waals surface area contributed by atoms with E-state index in [1.54, 1.807) is 19.4 Å². The summed E-state index contributed by atoms with van der Waals surface area (Å²) in [5, 5.41) is 12.1. The molecule has 19 heavy (non-hydrogen) atoms. The fraction of sp³-hybridized carbons (Fsp3) is 0.200. The summed E-state index contributed by atoms with van der Waals surface area (Å²) in [5.74, 6) is 0.858. The van der Waals surface area contributed by atoms with Crippen LogP contribution in [-0.2, 0) is 13.1 Å². The van der Waals surface area contributed by atoms with Crippen LogP contribution in [0, 0.1) is 11.3 Å². The largest absolute Gasteiger partial charge is 0.497 e. The number of hydrogen-bond acceptors (Lipinski definition) is 4. The number of nitrogens with one attached hydrogen (secondary N) is 1. The van der Waals surface area contributed by atoms with Gasteiger partial charge in [0.15, 0.2) is 0 Å². The molecule has 0 aliphatic heterocycles. The smallest absolute Gasteiger partial charge is 0.140 e. The summed E-state index contributed by atoms with van der Waals surface area (Å²) in [6.07, 6.45) is 1.66. The number of nitrogens with zero attached hydrogens (tertiary/aromatic N) is 2. The Hall–Kier alpha value is -2.38. The maximum atomic E-state index is 8.77. The van der Waals surface area contributed by atoms with Crippen molar-refractivity contribution in [1.82, 2.24) is 10.3 Å². The van der Waals surface area contributed by atoms with Crippen LogP contribution >= 0.6 is 0 Å². The van der Waals surface area contributed by atoms with Gasteiger partial charge in [0.25, 0.3) is 0 Å². The zero-order chi connectivity index (χ0) is 13.5. The third kappa shape index (κ3) is 3.80. The minimum Gasteiger partial charge on any atom is -0.497 e. The standard InChI is InChI=1S/C15H15N3O/c1-19-15-4-2-12(3-5-15)10-17-11-13-6-7-18-14(8-13)9-16/h2-8,17H,10-11H2,1H3. The molecule has 0 amide bonds. The second kappa shape index (κ2) is 6.53. The van der Waals surface area contributed by atoms with Gasteiger partial charge in [-0.1, -0.05) is 12.1 Å². The molecular formula is C15H15N3O. The molecule has 4 nitrogen and oxygen atoms in total. The summed E-state index contributed by atoms with van der Waals surface area (Å²) >= 11 is 0. The Labute approximate surface area is 112 Å². The lowest BCUT2D eigenvalue weighted by Crippen LogP contribution is -2.12. The molecule has 0 aliphatic carbocycles. The van der Waals surface area contributed by atoms with Crippen molar-refractivity contribution in [3.05, 3.63) is 59.4 Å². The normalized spacial score (nSPS) is 9.89. The molecule has 0 atom stereocenters. The van der Waals surface area contributed by atoms with E-state index in [1.807, 2.05) is 36.4 Å². The fourth-order valence-corrected chi connectivity index (χ4v) is 1.74. The van der Waals surface area contributed by atoms with Gasteiger partial charge in [0, 0.05) is 19.3 Å². The van der Waals surface area contributed by atoms with E-state index in [4.69, 9.17) is 10.00 Å². The number of benzene rings is 1. The average Bonchev–Trinajstić information content (AvgIpc) is 2.48. The SMILES string of the molecule is COc1ccc(CNCc2ccnc(C#N)c2)cc1. The Balaban J connectivity index is 1.87. The van der Waals surface area contributed by atoms with E-state index in [0.717, 1.165) is 17.9 Å².